The molecule has 1 saturated heterocycles. The van der Waals surface area contributed by atoms with Crippen LogP contribution in [0.1, 0.15) is 5.56 Å². The van der Waals surface area contributed by atoms with E-state index in [2.05, 4.69) is 5.32 Å². The van der Waals surface area contributed by atoms with Crippen LogP contribution in [0.25, 0.3) is 0 Å². The van der Waals surface area contributed by atoms with Crippen LogP contribution in [0.5, 0.6) is 0 Å². The summed E-state index contributed by atoms with van der Waals surface area (Å²) in [6.07, 6.45) is -0.299. The van der Waals surface area contributed by atoms with Gasteiger partial charge in [-0.3, -0.25) is 4.79 Å². The molecule has 0 radical (unpaired) electrons. The van der Waals surface area contributed by atoms with Gasteiger partial charge in [0, 0.05) is 18.8 Å². The van der Waals surface area contributed by atoms with Gasteiger partial charge in [0.1, 0.15) is 0 Å². The number of carbonyl (C=O) groups is 1. The van der Waals surface area contributed by atoms with Crippen molar-refractivity contribution in [2.24, 2.45) is 0 Å². The van der Waals surface area contributed by atoms with Crippen LogP contribution < -0.4 is 5.32 Å². The summed E-state index contributed by atoms with van der Waals surface area (Å²) in [5, 5.41) is 11.8. The second-order valence-electron chi connectivity index (χ2n) is 5.08. The fourth-order valence-corrected chi connectivity index (χ4v) is 4.04. The average molecular weight is 312 g/mol. The maximum atomic E-state index is 12.6. The lowest BCUT2D eigenvalue weighted by Gasteiger charge is -2.31. The van der Waals surface area contributed by atoms with E-state index >= 15 is 0 Å². The number of rotatable bonds is 3. The minimum absolute atomic E-state index is 0.132. The maximum absolute atomic E-state index is 12.6. The molecule has 0 aromatic heterocycles. The van der Waals surface area contributed by atoms with Crippen molar-refractivity contribution in [3.05, 3.63) is 23.8 Å². The Morgan fingerprint density at radius 3 is 3.00 bits per heavy atom. The molecule has 1 amide bonds. The number of hydrogen-bond donors (Lipinski definition) is 2. The Kier molecular flexibility index (Phi) is 3.70. The van der Waals surface area contributed by atoms with Crippen LogP contribution in [0, 0.1) is 0 Å². The van der Waals surface area contributed by atoms with Crippen LogP contribution in [0.2, 0.25) is 0 Å². The molecule has 1 unspecified atom stereocenters. The number of amides is 1. The quantitative estimate of drug-likeness (QED) is 0.789. The Labute approximate surface area is 122 Å². The first kappa shape index (κ1) is 14.5. The predicted octanol–water partition coefficient (Wildman–Crippen LogP) is -0.437. The smallest absolute Gasteiger partial charge is 0.243 e. The van der Waals surface area contributed by atoms with Gasteiger partial charge in [0.05, 0.1) is 30.6 Å². The summed E-state index contributed by atoms with van der Waals surface area (Å²) in [7, 11) is -3.64. The number of morpholine rings is 1. The van der Waals surface area contributed by atoms with Crippen LogP contribution in [0.3, 0.4) is 0 Å². The normalized spacial score (nSPS) is 22.9. The molecule has 0 bridgehead atoms. The molecular weight excluding hydrogens is 296 g/mol. The summed E-state index contributed by atoms with van der Waals surface area (Å²) < 4.78 is 31.8. The average Bonchev–Trinajstić information content (AvgIpc) is 2.86. The topological polar surface area (TPSA) is 95.9 Å². The molecule has 0 aliphatic carbocycles. The summed E-state index contributed by atoms with van der Waals surface area (Å²) in [6, 6.07) is 4.63. The number of aliphatic hydroxyl groups excluding tert-OH is 1. The molecule has 1 atom stereocenters. The number of sulfonamides is 1. The number of nitrogens with zero attached hydrogens (tertiary/aromatic N) is 1. The molecule has 1 fully saturated rings. The Balaban J connectivity index is 1.88. The number of carbonyl (C=O) groups excluding carboxylic acids is 1. The molecule has 2 aliphatic rings. The molecule has 0 saturated carbocycles. The summed E-state index contributed by atoms with van der Waals surface area (Å²) in [5.74, 6) is -0.133. The van der Waals surface area contributed by atoms with Crippen LogP contribution in [-0.2, 0) is 26.0 Å². The van der Waals surface area contributed by atoms with E-state index in [-0.39, 0.29) is 43.5 Å². The zero-order valence-electron chi connectivity index (χ0n) is 11.3. The minimum Gasteiger partial charge on any atom is -0.394 e. The van der Waals surface area contributed by atoms with Crippen LogP contribution >= 0.6 is 0 Å². The highest BCUT2D eigenvalue weighted by Crippen LogP contribution is 2.27. The molecular formula is C13H16N2O5S. The predicted molar refractivity (Wildman–Crippen MR) is 74.4 cm³/mol. The number of nitrogens with one attached hydrogen (secondary N) is 1. The van der Waals surface area contributed by atoms with Gasteiger partial charge in [-0.1, -0.05) is 0 Å². The largest absolute Gasteiger partial charge is 0.394 e. The van der Waals surface area contributed by atoms with Gasteiger partial charge in [0.25, 0.3) is 0 Å². The van der Waals surface area contributed by atoms with Gasteiger partial charge in [0.2, 0.25) is 15.9 Å². The van der Waals surface area contributed by atoms with E-state index in [4.69, 9.17) is 9.84 Å². The molecule has 114 valence electrons. The lowest BCUT2D eigenvalue weighted by Crippen LogP contribution is -2.46. The van der Waals surface area contributed by atoms with Crippen LogP contribution in [-0.4, -0.2) is 56.1 Å². The molecule has 7 nitrogen and oxygen atoms in total. The second kappa shape index (κ2) is 5.38. The highest BCUT2D eigenvalue weighted by atomic mass is 32.2. The van der Waals surface area contributed by atoms with E-state index in [9.17, 15) is 13.2 Å². The number of fused-ring (bicyclic) bond motifs is 1. The number of benzene rings is 1. The van der Waals surface area contributed by atoms with Gasteiger partial charge in [-0.2, -0.15) is 4.31 Å². The fourth-order valence-electron chi connectivity index (χ4n) is 2.54. The van der Waals surface area contributed by atoms with E-state index in [0.717, 1.165) is 0 Å². The number of ether oxygens (including phenoxy) is 1. The van der Waals surface area contributed by atoms with Crippen molar-refractivity contribution in [1.82, 2.24) is 4.31 Å². The molecule has 3 rings (SSSR count). The van der Waals surface area contributed by atoms with Gasteiger partial charge in [0.15, 0.2) is 0 Å². The van der Waals surface area contributed by atoms with Crippen molar-refractivity contribution < 1.29 is 23.1 Å². The fraction of sp³-hybridized carbons (Fsp3) is 0.462. The molecule has 2 N–H and O–H groups in total. The van der Waals surface area contributed by atoms with Crippen molar-refractivity contribution >= 4 is 21.6 Å². The first-order chi connectivity index (χ1) is 10.0. The van der Waals surface area contributed by atoms with E-state index in [1.807, 2.05) is 0 Å². The minimum atomic E-state index is -3.64. The molecule has 2 heterocycles. The lowest BCUT2D eigenvalue weighted by molar-refractivity contribution is -0.115. The zero-order chi connectivity index (χ0) is 15.0. The molecule has 2 aliphatic heterocycles. The highest BCUT2D eigenvalue weighted by Gasteiger charge is 2.31. The van der Waals surface area contributed by atoms with Crippen LogP contribution in [0.15, 0.2) is 23.1 Å². The summed E-state index contributed by atoms with van der Waals surface area (Å²) in [4.78, 5) is 11.5. The molecule has 0 spiro atoms. The number of hydrogen-bond acceptors (Lipinski definition) is 5. The van der Waals surface area contributed by atoms with Crippen LogP contribution in [0.4, 0.5) is 5.69 Å². The Morgan fingerprint density at radius 1 is 1.43 bits per heavy atom. The first-order valence-corrected chi connectivity index (χ1v) is 8.10. The summed E-state index contributed by atoms with van der Waals surface area (Å²) in [6.45, 7) is 0.435. The van der Waals surface area contributed by atoms with E-state index < -0.39 is 16.1 Å². The van der Waals surface area contributed by atoms with E-state index in [1.165, 1.54) is 16.4 Å². The summed E-state index contributed by atoms with van der Waals surface area (Å²) >= 11 is 0. The van der Waals surface area contributed by atoms with E-state index in [1.54, 1.807) is 6.07 Å². The summed E-state index contributed by atoms with van der Waals surface area (Å²) in [5.41, 5.74) is 1.35. The van der Waals surface area contributed by atoms with Crippen molar-refractivity contribution in [1.29, 1.82) is 0 Å². The zero-order valence-corrected chi connectivity index (χ0v) is 12.1. The van der Waals surface area contributed by atoms with Crippen molar-refractivity contribution in [2.75, 3.05) is 31.6 Å². The molecule has 1 aromatic rings. The van der Waals surface area contributed by atoms with Crippen molar-refractivity contribution in [3.8, 4) is 0 Å². The maximum Gasteiger partial charge on any atom is 0.243 e. The molecule has 8 heteroatoms. The van der Waals surface area contributed by atoms with Gasteiger partial charge in [-0.15, -0.1) is 0 Å². The van der Waals surface area contributed by atoms with Crippen molar-refractivity contribution in [3.63, 3.8) is 0 Å². The molecule has 21 heavy (non-hydrogen) atoms. The van der Waals surface area contributed by atoms with Gasteiger partial charge < -0.3 is 15.2 Å². The van der Waals surface area contributed by atoms with E-state index in [0.29, 0.717) is 11.3 Å². The molecule has 1 aromatic carbocycles. The second-order valence-corrected chi connectivity index (χ2v) is 7.02. The Bertz CT molecular complexity index is 673. The lowest BCUT2D eigenvalue weighted by atomic mass is 10.2. The third-order valence-corrected chi connectivity index (χ3v) is 5.51. The SMILES string of the molecule is O=C1Cc2cc(S(=O)(=O)N3CCOC(CO)C3)ccc2N1. The highest BCUT2D eigenvalue weighted by molar-refractivity contribution is 7.89. The number of anilines is 1. The van der Waals surface area contributed by atoms with Crippen molar-refractivity contribution in [2.45, 2.75) is 17.4 Å². The van der Waals surface area contributed by atoms with Gasteiger partial charge in [-0.25, -0.2) is 8.42 Å². The monoisotopic (exact) mass is 312 g/mol. The third-order valence-electron chi connectivity index (χ3n) is 3.64. The van der Waals surface area contributed by atoms with Gasteiger partial charge >= 0.3 is 0 Å². The van der Waals surface area contributed by atoms with Gasteiger partial charge in [-0.05, 0) is 23.8 Å². The third kappa shape index (κ3) is 2.67. The number of aliphatic hydroxyl groups is 1. The Hall–Kier alpha value is -1.48. The first-order valence-electron chi connectivity index (χ1n) is 6.66. The standard InChI is InChI=1S/C13H16N2O5S/c16-8-10-7-15(3-4-20-10)21(18,19)11-1-2-12-9(5-11)6-13(17)14-12/h1-2,5,10,16H,3-4,6-8H2,(H,14,17). The Morgan fingerprint density at radius 2 is 2.24 bits per heavy atom.